The van der Waals surface area contributed by atoms with E-state index in [0.717, 1.165) is 29.8 Å². The maximum absolute atomic E-state index is 12.4. The molecule has 5 heteroatoms. The van der Waals surface area contributed by atoms with Crippen LogP contribution in [0, 0.1) is 6.92 Å². The van der Waals surface area contributed by atoms with Gasteiger partial charge in [-0.15, -0.1) is 0 Å². The van der Waals surface area contributed by atoms with Gasteiger partial charge in [0.1, 0.15) is 6.33 Å². The van der Waals surface area contributed by atoms with Crippen LogP contribution >= 0.6 is 0 Å². The maximum atomic E-state index is 12.4. The van der Waals surface area contributed by atoms with Crippen LogP contribution in [0.2, 0.25) is 0 Å². The molecule has 0 bridgehead atoms. The minimum absolute atomic E-state index is 0.0371. The maximum Gasteiger partial charge on any atom is 0.246 e. The third-order valence-electron chi connectivity index (χ3n) is 4.25. The summed E-state index contributed by atoms with van der Waals surface area (Å²) in [5.74, 6) is 0.0371. The summed E-state index contributed by atoms with van der Waals surface area (Å²) in [5, 5.41) is 0. The summed E-state index contributed by atoms with van der Waals surface area (Å²) in [6.45, 7) is 3.81. The number of aromatic nitrogens is 2. The standard InChI is InChI=1S/C20H23N3O2/c1-16-13-18(22-15-21-16)8-9-19-14-23(11-12-25-19)20(24)10-7-17-5-3-2-4-6-17/h2-7,10,13,15,19H,8-9,11-12,14H2,1H3/b10-7+. The van der Waals surface area contributed by atoms with Crippen molar-refractivity contribution < 1.29 is 9.53 Å². The molecule has 1 atom stereocenters. The number of hydrogen-bond donors (Lipinski definition) is 0. The Morgan fingerprint density at radius 2 is 2.16 bits per heavy atom. The normalized spacial score (nSPS) is 17.8. The highest BCUT2D eigenvalue weighted by molar-refractivity contribution is 5.91. The Labute approximate surface area is 148 Å². The second kappa shape index (κ2) is 8.53. The molecule has 0 N–H and O–H groups in total. The Morgan fingerprint density at radius 1 is 1.32 bits per heavy atom. The summed E-state index contributed by atoms with van der Waals surface area (Å²) in [5.41, 5.74) is 3.01. The minimum Gasteiger partial charge on any atom is -0.375 e. The van der Waals surface area contributed by atoms with Gasteiger partial charge in [0.05, 0.1) is 12.7 Å². The molecule has 1 unspecified atom stereocenters. The monoisotopic (exact) mass is 337 g/mol. The Kier molecular flexibility index (Phi) is 5.90. The summed E-state index contributed by atoms with van der Waals surface area (Å²) in [4.78, 5) is 22.7. The Bertz CT molecular complexity index is 731. The van der Waals surface area contributed by atoms with Gasteiger partial charge in [-0.3, -0.25) is 4.79 Å². The molecular formula is C20H23N3O2. The zero-order chi connectivity index (χ0) is 17.5. The van der Waals surface area contributed by atoms with Crippen molar-refractivity contribution in [2.24, 2.45) is 0 Å². The van der Waals surface area contributed by atoms with E-state index in [1.165, 1.54) is 0 Å². The van der Waals surface area contributed by atoms with Crippen LogP contribution in [0.15, 0.2) is 48.8 Å². The van der Waals surface area contributed by atoms with E-state index in [1.54, 1.807) is 12.4 Å². The van der Waals surface area contributed by atoms with Crippen molar-refractivity contribution in [3.8, 4) is 0 Å². The fourth-order valence-electron chi connectivity index (χ4n) is 2.89. The number of carbonyl (C=O) groups is 1. The van der Waals surface area contributed by atoms with Crippen molar-refractivity contribution >= 4 is 12.0 Å². The van der Waals surface area contributed by atoms with E-state index in [9.17, 15) is 4.79 Å². The number of hydrogen-bond acceptors (Lipinski definition) is 4. The molecule has 0 spiro atoms. The number of morpholine rings is 1. The van der Waals surface area contributed by atoms with Crippen LogP contribution in [0.1, 0.15) is 23.4 Å². The predicted octanol–water partition coefficient (Wildman–Crippen LogP) is 2.66. The van der Waals surface area contributed by atoms with Gasteiger partial charge in [0.2, 0.25) is 5.91 Å². The van der Waals surface area contributed by atoms with Crippen molar-refractivity contribution in [3.63, 3.8) is 0 Å². The van der Waals surface area contributed by atoms with Crippen LogP contribution in [0.25, 0.3) is 6.08 Å². The molecule has 0 radical (unpaired) electrons. The van der Waals surface area contributed by atoms with Crippen molar-refractivity contribution in [1.82, 2.24) is 14.9 Å². The number of ether oxygens (including phenoxy) is 1. The highest BCUT2D eigenvalue weighted by Crippen LogP contribution is 2.13. The van der Waals surface area contributed by atoms with Gasteiger partial charge >= 0.3 is 0 Å². The topological polar surface area (TPSA) is 55.3 Å². The van der Waals surface area contributed by atoms with E-state index in [-0.39, 0.29) is 12.0 Å². The Hall–Kier alpha value is -2.53. The van der Waals surface area contributed by atoms with Gasteiger partial charge in [0.15, 0.2) is 0 Å². The highest BCUT2D eigenvalue weighted by atomic mass is 16.5. The molecule has 1 aromatic carbocycles. The highest BCUT2D eigenvalue weighted by Gasteiger charge is 2.22. The van der Waals surface area contributed by atoms with Crippen LogP contribution in [0.5, 0.6) is 0 Å². The molecule has 1 aliphatic heterocycles. The second-order valence-electron chi connectivity index (χ2n) is 6.21. The van der Waals surface area contributed by atoms with Crippen molar-refractivity contribution in [1.29, 1.82) is 0 Å². The largest absolute Gasteiger partial charge is 0.375 e. The van der Waals surface area contributed by atoms with Crippen molar-refractivity contribution in [2.75, 3.05) is 19.7 Å². The molecule has 1 fully saturated rings. The van der Waals surface area contributed by atoms with E-state index in [1.807, 2.05) is 54.3 Å². The van der Waals surface area contributed by atoms with Gasteiger partial charge in [-0.1, -0.05) is 30.3 Å². The fourth-order valence-corrected chi connectivity index (χ4v) is 2.89. The van der Waals surface area contributed by atoms with E-state index in [2.05, 4.69) is 9.97 Å². The first kappa shape index (κ1) is 17.3. The lowest BCUT2D eigenvalue weighted by molar-refractivity contribution is -0.133. The lowest BCUT2D eigenvalue weighted by atomic mass is 10.1. The third-order valence-corrected chi connectivity index (χ3v) is 4.25. The van der Waals surface area contributed by atoms with Crippen LogP contribution in [-0.4, -0.2) is 46.6 Å². The number of aryl methyl sites for hydroxylation is 2. The lowest BCUT2D eigenvalue weighted by Gasteiger charge is -2.32. The molecule has 25 heavy (non-hydrogen) atoms. The molecule has 130 valence electrons. The molecule has 2 aromatic rings. The number of amides is 1. The molecule has 2 heterocycles. The van der Waals surface area contributed by atoms with Gasteiger partial charge in [-0.25, -0.2) is 9.97 Å². The average Bonchev–Trinajstić information content (AvgIpc) is 2.65. The zero-order valence-corrected chi connectivity index (χ0v) is 14.5. The Balaban J connectivity index is 1.52. The molecule has 3 rings (SSSR count). The smallest absolute Gasteiger partial charge is 0.246 e. The van der Waals surface area contributed by atoms with Crippen LogP contribution in [-0.2, 0) is 16.0 Å². The summed E-state index contributed by atoms with van der Waals surface area (Å²) in [6, 6.07) is 11.8. The predicted molar refractivity (Wildman–Crippen MR) is 96.9 cm³/mol. The van der Waals surface area contributed by atoms with Gasteiger partial charge in [-0.2, -0.15) is 0 Å². The van der Waals surface area contributed by atoms with Gasteiger partial charge in [0.25, 0.3) is 0 Å². The molecule has 1 saturated heterocycles. The second-order valence-corrected chi connectivity index (χ2v) is 6.21. The number of rotatable bonds is 5. The molecule has 1 amide bonds. The van der Waals surface area contributed by atoms with E-state index >= 15 is 0 Å². The molecule has 5 nitrogen and oxygen atoms in total. The third kappa shape index (κ3) is 5.22. The SMILES string of the molecule is Cc1cc(CCC2CN(C(=O)/C=C/c3ccccc3)CCO2)ncn1. The first-order valence-corrected chi connectivity index (χ1v) is 8.62. The summed E-state index contributed by atoms with van der Waals surface area (Å²) >= 11 is 0. The van der Waals surface area contributed by atoms with Gasteiger partial charge in [0, 0.05) is 30.6 Å². The molecule has 1 aliphatic rings. The number of nitrogens with zero attached hydrogens (tertiary/aromatic N) is 3. The zero-order valence-electron chi connectivity index (χ0n) is 14.5. The summed E-state index contributed by atoms with van der Waals surface area (Å²) in [7, 11) is 0. The molecule has 1 aromatic heterocycles. The number of benzene rings is 1. The lowest BCUT2D eigenvalue weighted by Crippen LogP contribution is -2.45. The summed E-state index contributed by atoms with van der Waals surface area (Å²) < 4.78 is 5.81. The molecule has 0 saturated carbocycles. The van der Waals surface area contributed by atoms with E-state index < -0.39 is 0 Å². The van der Waals surface area contributed by atoms with Crippen molar-refractivity contribution in [2.45, 2.75) is 25.9 Å². The Morgan fingerprint density at radius 3 is 2.96 bits per heavy atom. The first-order valence-electron chi connectivity index (χ1n) is 8.62. The minimum atomic E-state index is 0.0371. The van der Waals surface area contributed by atoms with E-state index in [4.69, 9.17) is 4.74 Å². The van der Waals surface area contributed by atoms with Crippen LogP contribution in [0.4, 0.5) is 0 Å². The van der Waals surface area contributed by atoms with Gasteiger partial charge < -0.3 is 9.64 Å². The molecular weight excluding hydrogens is 314 g/mol. The van der Waals surface area contributed by atoms with Crippen molar-refractivity contribution in [3.05, 3.63) is 65.8 Å². The average molecular weight is 337 g/mol. The quantitative estimate of drug-likeness (QED) is 0.787. The van der Waals surface area contributed by atoms with E-state index in [0.29, 0.717) is 19.7 Å². The first-order chi connectivity index (χ1) is 12.2. The fraction of sp³-hybridized carbons (Fsp3) is 0.350. The van der Waals surface area contributed by atoms with Crippen LogP contribution in [0.3, 0.4) is 0 Å². The number of carbonyl (C=O) groups excluding carboxylic acids is 1. The van der Waals surface area contributed by atoms with Crippen LogP contribution < -0.4 is 0 Å². The van der Waals surface area contributed by atoms with Gasteiger partial charge in [-0.05, 0) is 37.5 Å². The molecule has 0 aliphatic carbocycles. The summed E-state index contributed by atoms with van der Waals surface area (Å²) in [6.07, 6.45) is 6.83.